The van der Waals surface area contributed by atoms with Crippen molar-refractivity contribution in [2.75, 3.05) is 26.7 Å². The van der Waals surface area contributed by atoms with Gasteiger partial charge in [0.05, 0.1) is 0 Å². The first-order valence-electron chi connectivity index (χ1n) is 4.71. The van der Waals surface area contributed by atoms with Gasteiger partial charge in [0.25, 0.3) is 0 Å². The van der Waals surface area contributed by atoms with Crippen LogP contribution >= 0.6 is 0 Å². The average Bonchev–Trinajstić information content (AvgIpc) is 2.13. The van der Waals surface area contributed by atoms with Gasteiger partial charge in [0.1, 0.15) is 0 Å². The molecule has 0 bridgehead atoms. The van der Waals surface area contributed by atoms with Crippen LogP contribution in [0.2, 0.25) is 0 Å². The Hall–Kier alpha value is -1.06. The number of carbonyl (C=O) groups excluding carboxylic acids is 2. The third-order valence-corrected chi connectivity index (χ3v) is 2.30. The van der Waals surface area contributed by atoms with Gasteiger partial charge in [0.15, 0.2) is 0 Å². The standard InChI is InChI=1S/C9H16N2O2/c1-3-4-5-11-7-6-10(2)8(12)9(11)13/h3-7H2,1-2H3. The van der Waals surface area contributed by atoms with Crippen LogP contribution in [-0.4, -0.2) is 48.3 Å². The van der Waals surface area contributed by atoms with Gasteiger partial charge in [-0.1, -0.05) is 13.3 Å². The summed E-state index contributed by atoms with van der Waals surface area (Å²) in [5.74, 6) is -0.718. The van der Waals surface area contributed by atoms with Crippen molar-refractivity contribution in [2.24, 2.45) is 0 Å². The normalized spacial score (nSPS) is 18.3. The molecule has 1 fully saturated rings. The number of rotatable bonds is 3. The van der Waals surface area contributed by atoms with Crippen LogP contribution < -0.4 is 0 Å². The van der Waals surface area contributed by atoms with E-state index in [-0.39, 0.29) is 11.8 Å². The van der Waals surface area contributed by atoms with Crippen LogP contribution in [0.4, 0.5) is 0 Å². The first kappa shape index (κ1) is 10.0. The second-order valence-corrected chi connectivity index (χ2v) is 3.37. The van der Waals surface area contributed by atoms with E-state index in [0.717, 1.165) is 19.4 Å². The van der Waals surface area contributed by atoms with Crippen LogP contribution in [0.15, 0.2) is 0 Å². The fraction of sp³-hybridized carbons (Fsp3) is 0.778. The molecule has 0 aromatic rings. The zero-order chi connectivity index (χ0) is 9.84. The molecule has 1 rings (SSSR count). The van der Waals surface area contributed by atoms with E-state index in [4.69, 9.17) is 0 Å². The second-order valence-electron chi connectivity index (χ2n) is 3.37. The van der Waals surface area contributed by atoms with E-state index in [2.05, 4.69) is 6.92 Å². The van der Waals surface area contributed by atoms with Gasteiger partial charge < -0.3 is 9.80 Å². The largest absolute Gasteiger partial charge is 0.336 e. The smallest absolute Gasteiger partial charge is 0.312 e. The van der Waals surface area contributed by atoms with E-state index in [0.29, 0.717) is 13.1 Å². The van der Waals surface area contributed by atoms with Crippen LogP contribution in [0.25, 0.3) is 0 Å². The van der Waals surface area contributed by atoms with Gasteiger partial charge in [-0.05, 0) is 6.42 Å². The van der Waals surface area contributed by atoms with Gasteiger partial charge in [-0.15, -0.1) is 0 Å². The van der Waals surface area contributed by atoms with E-state index in [1.165, 1.54) is 4.90 Å². The summed E-state index contributed by atoms with van der Waals surface area (Å²) < 4.78 is 0. The molecule has 13 heavy (non-hydrogen) atoms. The molecule has 0 saturated carbocycles. The molecule has 1 heterocycles. The number of hydrogen-bond donors (Lipinski definition) is 0. The second kappa shape index (κ2) is 4.25. The Morgan fingerprint density at radius 1 is 1.23 bits per heavy atom. The molecule has 0 unspecified atom stereocenters. The highest BCUT2D eigenvalue weighted by molar-refractivity contribution is 6.35. The lowest BCUT2D eigenvalue weighted by atomic mass is 10.2. The average molecular weight is 184 g/mol. The van der Waals surface area contributed by atoms with Crippen molar-refractivity contribution >= 4 is 11.8 Å². The predicted octanol–water partition coefficient (Wildman–Crippen LogP) is 0.0871. The quantitative estimate of drug-likeness (QED) is 0.583. The van der Waals surface area contributed by atoms with Gasteiger partial charge in [-0.25, -0.2) is 0 Å². The van der Waals surface area contributed by atoms with Gasteiger partial charge in [0.2, 0.25) is 0 Å². The Kier molecular flexibility index (Phi) is 3.28. The maximum atomic E-state index is 11.4. The predicted molar refractivity (Wildman–Crippen MR) is 49.1 cm³/mol. The summed E-state index contributed by atoms with van der Waals surface area (Å²) in [6.45, 7) is 4.13. The van der Waals surface area contributed by atoms with E-state index < -0.39 is 0 Å². The maximum Gasteiger partial charge on any atom is 0.312 e. The SMILES string of the molecule is CCCCN1CCN(C)C(=O)C1=O. The summed E-state index contributed by atoms with van der Waals surface area (Å²) >= 11 is 0. The van der Waals surface area contributed by atoms with E-state index in [1.54, 1.807) is 11.9 Å². The molecule has 4 nitrogen and oxygen atoms in total. The Balaban J connectivity index is 2.49. The molecule has 1 aliphatic heterocycles. The Morgan fingerprint density at radius 3 is 2.54 bits per heavy atom. The number of nitrogens with zero attached hydrogens (tertiary/aromatic N) is 2. The third kappa shape index (κ3) is 2.20. The summed E-state index contributed by atoms with van der Waals surface area (Å²) in [5, 5.41) is 0. The summed E-state index contributed by atoms with van der Waals surface area (Å²) in [7, 11) is 1.66. The summed E-state index contributed by atoms with van der Waals surface area (Å²) in [4.78, 5) is 25.7. The molecule has 0 N–H and O–H groups in total. The minimum atomic E-state index is -0.373. The molecule has 74 valence electrons. The number of hydrogen-bond acceptors (Lipinski definition) is 2. The van der Waals surface area contributed by atoms with E-state index in [1.807, 2.05) is 0 Å². The van der Waals surface area contributed by atoms with Crippen molar-refractivity contribution in [3.63, 3.8) is 0 Å². The minimum Gasteiger partial charge on any atom is -0.336 e. The summed E-state index contributed by atoms with van der Waals surface area (Å²) in [6.07, 6.45) is 2.02. The first-order chi connectivity index (χ1) is 6.16. The molecule has 0 radical (unpaired) electrons. The summed E-state index contributed by atoms with van der Waals surface area (Å²) in [6, 6.07) is 0. The molecule has 0 aromatic carbocycles. The fourth-order valence-corrected chi connectivity index (χ4v) is 1.33. The lowest BCUT2D eigenvalue weighted by Gasteiger charge is -2.31. The van der Waals surface area contributed by atoms with Crippen LogP contribution in [-0.2, 0) is 9.59 Å². The molecule has 0 aliphatic carbocycles. The van der Waals surface area contributed by atoms with Gasteiger partial charge in [-0.2, -0.15) is 0 Å². The van der Waals surface area contributed by atoms with Crippen molar-refractivity contribution in [2.45, 2.75) is 19.8 Å². The molecule has 2 amide bonds. The number of piperazine rings is 1. The van der Waals surface area contributed by atoms with Crippen molar-refractivity contribution in [3.05, 3.63) is 0 Å². The molecule has 0 atom stereocenters. The number of likely N-dealkylation sites (N-methyl/N-ethyl adjacent to an activating group) is 1. The van der Waals surface area contributed by atoms with E-state index in [9.17, 15) is 9.59 Å². The van der Waals surface area contributed by atoms with Crippen molar-refractivity contribution < 1.29 is 9.59 Å². The lowest BCUT2D eigenvalue weighted by molar-refractivity contribution is -0.154. The van der Waals surface area contributed by atoms with Crippen LogP contribution in [0.3, 0.4) is 0 Å². The lowest BCUT2D eigenvalue weighted by Crippen LogP contribution is -2.52. The highest BCUT2D eigenvalue weighted by Crippen LogP contribution is 2.04. The molecule has 4 heteroatoms. The van der Waals surface area contributed by atoms with Gasteiger partial charge in [-0.3, -0.25) is 9.59 Å². The Labute approximate surface area is 78.5 Å². The van der Waals surface area contributed by atoms with Gasteiger partial charge >= 0.3 is 11.8 Å². The molecule has 0 spiro atoms. The number of unbranched alkanes of at least 4 members (excludes halogenated alkanes) is 1. The van der Waals surface area contributed by atoms with Gasteiger partial charge in [0, 0.05) is 26.7 Å². The molecular formula is C9H16N2O2. The fourth-order valence-electron chi connectivity index (χ4n) is 1.33. The van der Waals surface area contributed by atoms with Crippen molar-refractivity contribution in [1.29, 1.82) is 0 Å². The topological polar surface area (TPSA) is 40.6 Å². The Bertz CT molecular complexity index is 214. The highest BCUT2D eigenvalue weighted by Gasteiger charge is 2.29. The molecule has 0 aromatic heterocycles. The third-order valence-electron chi connectivity index (χ3n) is 2.30. The van der Waals surface area contributed by atoms with Crippen LogP contribution in [0.5, 0.6) is 0 Å². The zero-order valence-corrected chi connectivity index (χ0v) is 8.25. The van der Waals surface area contributed by atoms with Crippen LogP contribution in [0, 0.1) is 0 Å². The summed E-state index contributed by atoms with van der Waals surface area (Å²) in [5.41, 5.74) is 0. The first-order valence-corrected chi connectivity index (χ1v) is 4.71. The maximum absolute atomic E-state index is 11.4. The monoisotopic (exact) mass is 184 g/mol. The zero-order valence-electron chi connectivity index (χ0n) is 8.25. The van der Waals surface area contributed by atoms with E-state index >= 15 is 0 Å². The van der Waals surface area contributed by atoms with Crippen LogP contribution in [0.1, 0.15) is 19.8 Å². The Morgan fingerprint density at radius 2 is 1.92 bits per heavy atom. The number of carbonyl (C=O) groups is 2. The molecule has 1 aliphatic rings. The van der Waals surface area contributed by atoms with Crippen molar-refractivity contribution in [1.82, 2.24) is 9.80 Å². The molecular weight excluding hydrogens is 168 g/mol. The molecule has 1 saturated heterocycles. The number of amides is 2. The minimum absolute atomic E-state index is 0.345. The highest BCUT2D eigenvalue weighted by atomic mass is 16.2. The van der Waals surface area contributed by atoms with Crippen molar-refractivity contribution in [3.8, 4) is 0 Å².